The summed E-state index contributed by atoms with van der Waals surface area (Å²) in [7, 11) is 1.18. The van der Waals surface area contributed by atoms with Crippen molar-refractivity contribution in [2.45, 2.75) is 12.8 Å². The Balaban J connectivity index is 2.70. The van der Waals surface area contributed by atoms with Crippen LogP contribution in [-0.4, -0.2) is 23.9 Å². The van der Waals surface area contributed by atoms with Gasteiger partial charge in [0.05, 0.1) is 24.1 Å². The Morgan fingerprint density at radius 2 is 2.11 bits per heavy atom. The van der Waals surface area contributed by atoms with E-state index in [2.05, 4.69) is 10.1 Å². The van der Waals surface area contributed by atoms with Gasteiger partial charge in [0.25, 0.3) is 5.69 Å². The first-order valence-electron chi connectivity index (χ1n) is 5.24. The van der Waals surface area contributed by atoms with Crippen molar-refractivity contribution in [3.05, 3.63) is 34.1 Å². The molecule has 0 aromatic heterocycles. The Bertz CT molecular complexity index is 518. The zero-order chi connectivity index (χ0) is 14.4. The van der Waals surface area contributed by atoms with E-state index in [4.69, 9.17) is 0 Å². The quantitative estimate of drug-likeness (QED) is 0.498. The number of anilines is 1. The number of rotatable bonds is 5. The zero-order valence-corrected chi connectivity index (χ0v) is 10.0. The fourth-order valence-electron chi connectivity index (χ4n) is 1.25. The molecule has 1 rings (SSSR count). The molecule has 1 amide bonds. The first-order valence-corrected chi connectivity index (χ1v) is 5.24. The molecule has 0 aliphatic rings. The van der Waals surface area contributed by atoms with Crippen molar-refractivity contribution in [3.8, 4) is 0 Å². The molecule has 0 saturated heterocycles. The van der Waals surface area contributed by atoms with E-state index < -0.39 is 22.6 Å². The molecule has 0 spiro atoms. The molecule has 8 heteroatoms. The van der Waals surface area contributed by atoms with Gasteiger partial charge in [-0.05, 0) is 6.07 Å². The molecule has 0 atom stereocenters. The SMILES string of the molecule is COC(=O)CCC(=O)Nc1cc([N+](=O)[O-])ccc1F. The number of non-ortho nitro benzene ring substituents is 1. The third-order valence-corrected chi connectivity index (χ3v) is 2.22. The minimum atomic E-state index is -0.794. The van der Waals surface area contributed by atoms with Gasteiger partial charge in [-0.1, -0.05) is 0 Å². The number of ether oxygens (including phenoxy) is 1. The maximum atomic E-state index is 13.3. The molecule has 0 fully saturated rings. The second-order valence-corrected chi connectivity index (χ2v) is 3.55. The Morgan fingerprint density at radius 1 is 1.42 bits per heavy atom. The number of nitro benzene ring substituents is 1. The summed E-state index contributed by atoms with van der Waals surface area (Å²) in [5.74, 6) is -2.00. The summed E-state index contributed by atoms with van der Waals surface area (Å²) in [6.45, 7) is 0. The highest BCUT2D eigenvalue weighted by atomic mass is 19.1. The first-order chi connectivity index (χ1) is 8.93. The lowest BCUT2D eigenvalue weighted by Gasteiger charge is -2.05. The molecule has 0 aliphatic heterocycles. The van der Waals surface area contributed by atoms with Crippen LogP contribution in [-0.2, 0) is 14.3 Å². The second kappa shape index (κ2) is 6.43. The van der Waals surface area contributed by atoms with Crippen LogP contribution in [0.1, 0.15) is 12.8 Å². The lowest BCUT2D eigenvalue weighted by Crippen LogP contribution is -2.15. The van der Waals surface area contributed by atoms with E-state index in [1.54, 1.807) is 0 Å². The molecule has 1 aromatic rings. The molecule has 0 bridgehead atoms. The van der Waals surface area contributed by atoms with Crippen LogP contribution < -0.4 is 5.32 Å². The van der Waals surface area contributed by atoms with Gasteiger partial charge in [-0.2, -0.15) is 0 Å². The van der Waals surface area contributed by atoms with Gasteiger partial charge in [0.1, 0.15) is 5.82 Å². The van der Waals surface area contributed by atoms with Crippen LogP contribution in [0.5, 0.6) is 0 Å². The van der Waals surface area contributed by atoms with Gasteiger partial charge in [-0.3, -0.25) is 19.7 Å². The maximum Gasteiger partial charge on any atom is 0.306 e. The van der Waals surface area contributed by atoms with Crippen LogP contribution in [0.15, 0.2) is 18.2 Å². The number of esters is 1. The van der Waals surface area contributed by atoms with Gasteiger partial charge in [0.2, 0.25) is 5.91 Å². The molecular weight excluding hydrogens is 259 g/mol. The van der Waals surface area contributed by atoms with Crippen LogP contribution in [0.2, 0.25) is 0 Å². The Morgan fingerprint density at radius 3 is 2.68 bits per heavy atom. The molecule has 19 heavy (non-hydrogen) atoms. The van der Waals surface area contributed by atoms with Gasteiger partial charge >= 0.3 is 5.97 Å². The Labute approximate surface area is 107 Å². The molecule has 0 radical (unpaired) electrons. The van der Waals surface area contributed by atoms with E-state index in [9.17, 15) is 24.1 Å². The van der Waals surface area contributed by atoms with Crippen molar-refractivity contribution in [2.24, 2.45) is 0 Å². The number of hydrogen-bond acceptors (Lipinski definition) is 5. The topological polar surface area (TPSA) is 98.5 Å². The van der Waals surface area contributed by atoms with Gasteiger partial charge in [0, 0.05) is 18.6 Å². The molecule has 7 nitrogen and oxygen atoms in total. The van der Waals surface area contributed by atoms with Crippen LogP contribution in [0.25, 0.3) is 0 Å². The van der Waals surface area contributed by atoms with Gasteiger partial charge in [0.15, 0.2) is 0 Å². The zero-order valence-electron chi connectivity index (χ0n) is 10.0. The highest BCUT2D eigenvalue weighted by molar-refractivity contribution is 5.92. The van der Waals surface area contributed by atoms with Gasteiger partial charge in [-0.25, -0.2) is 4.39 Å². The summed E-state index contributed by atoms with van der Waals surface area (Å²) in [5.41, 5.74) is -0.645. The Hall–Kier alpha value is -2.51. The van der Waals surface area contributed by atoms with E-state index in [0.717, 1.165) is 18.2 Å². The molecule has 1 aromatic carbocycles. The van der Waals surface area contributed by atoms with Crippen molar-refractivity contribution in [2.75, 3.05) is 12.4 Å². The lowest BCUT2D eigenvalue weighted by molar-refractivity contribution is -0.384. The van der Waals surface area contributed by atoms with Crippen molar-refractivity contribution in [1.29, 1.82) is 0 Å². The number of nitro groups is 1. The van der Waals surface area contributed by atoms with Crippen LogP contribution in [0.4, 0.5) is 15.8 Å². The number of nitrogens with one attached hydrogen (secondary N) is 1. The minimum Gasteiger partial charge on any atom is -0.469 e. The van der Waals surface area contributed by atoms with Crippen LogP contribution >= 0.6 is 0 Å². The highest BCUT2D eigenvalue weighted by Crippen LogP contribution is 2.21. The summed E-state index contributed by atoms with van der Waals surface area (Å²) in [6.07, 6.45) is -0.353. The molecule has 0 saturated carbocycles. The van der Waals surface area contributed by atoms with Crippen molar-refractivity contribution < 1.29 is 23.6 Å². The average Bonchev–Trinajstić information content (AvgIpc) is 2.38. The third-order valence-electron chi connectivity index (χ3n) is 2.22. The molecular formula is C11H11FN2O5. The van der Waals surface area contributed by atoms with Crippen LogP contribution in [0.3, 0.4) is 0 Å². The van der Waals surface area contributed by atoms with Crippen LogP contribution in [0, 0.1) is 15.9 Å². The predicted octanol–water partition coefficient (Wildman–Crippen LogP) is 1.63. The number of carbonyl (C=O) groups is 2. The number of methoxy groups -OCH3 is 1. The maximum absolute atomic E-state index is 13.3. The summed E-state index contributed by atoms with van der Waals surface area (Å²) >= 11 is 0. The first kappa shape index (κ1) is 14.6. The van der Waals surface area contributed by atoms with Gasteiger partial charge in [-0.15, -0.1) is 0 Å². The largest absolute Gasteiger partial charge is 0.469 e. The summed E-state index contributed by atoms with van der Waals surface area (Å²) in [4.78, 5) is 32.0. The minimum absolute atomic E-state index is 0.154. The molecule has 0 unspecified atom stereocenters. The van der Waals surface area contributed by atoms with E-state index in [1.807, 2.05) is 0 Å². The average molecular weight is 270 g/mol. The van der Waals surface area contributed by atoms with Gasteiger partial charge < -0.3 is 10.1 Å². The fourth-order valence-corrected chi connectivity index (χ4v) is 1.25. The summed E-state index contributed by atoms with van der Waals surface area (Å²) in [5, 5.41) is 12.7. The number of carbonyl (C=O) groups excluding carboxylic acids is 2. The molecule has 0 aliphatic carbocycles. The number of nitrogens with zero attached hydrogens (tertiary/aromatic N) is 1. The lowest BCUT2D eigenvalue weighted by atomic mass is 10.2. The van der Waals surface area contributed by atoms with E-state index >= 15 is 0 Å². The number of benzene rings is 1. The molecule has 0 heterocycles. The highest BCUT2D eigenvalue weighted by Gasteiger charge is 2.14. The van der Waals surface area contributed by atoms with E-state index in [0.29, 0.717) is 0 Å². The molecule has 1 N–H and O–H groups in total. The standard InChI is InChI=1S/C11H11FN2O5/c1-19-11(16)5-4-10(15)13-9-6-7(14(17)18)2-3-8(9)12/h2-3,6H,4-5H2,1H3,(H,13,15). The Kier molecular flexibility index (Phi) is 4.92. The molecule has 102 valence electrons. The fraction of sp³-hybridized carbons (Fsp3) is 0.273. The number of amides is 1. The summed E-state index contributed by atoms with van der Waals surface area (Å²) < 4.78 is 17.7. The van der Waals surface area contributed by atoms with Crippen molar-refractivity contribution in [1.82, 2.24) is 0 Å². The van der Waals surface area contributed by atoms with Crippen molar-refractivity contribution in [3.63, 3.8) is 0 Å². The van der Waals surface area contributed by atoms with Crippen molar-refractivity contribution >= 4 is 23.3 Å². The van der Waals surface area contributed by atoms with E-state index in [-0.39, 0.29) is 24.2 Å². The monoisotopic (exact) mass is 270 g/mol. The van der Waals surface area contributed by atoms with E-state index in [1.165, 1.54) is 7.11 Å². The predicted molar refractivity (Wildman–Crippen MR) is 62.9 cm³/mol. The number of halogens is 1. The normalized spacial score (nSPS) is 9.79. The third kappa shape index (κ3) is 4.34. The number of hydrogen-bond donors (Lipinski definition) is 1. The second-order valence-electron chi connectivity index (χ2n) is 3.55. The smallest absolute Gasteiger partial charge is 0.306 e. The summed E-state index contributed by atoms with van der Waals surface area (Å²) in [6, 6.07) is 2.78.